The average molecular weight is 201 g/mol. The summed E-state index contributed by atoms with van der Waals surface area (Å²) >= 11 is 0. The topological polar surface area (TPSA) is 35.2 Å². The van der Waals surface area contributed by atoms with E-state index in [0.29, 0.717) is 24.1 Å². The van der Waals surface area contributed by atoms with E-state index in [2.05, 4.69) is 0 Å². The Kier molecular flexibility index (Phi) is 3.98. The number of hydrogen-bond acceptors (Lipinski definition) is 2. The Bertz CT molecular complexity index is 315. The molecule has 0 atom stereocenters. The number of halogens is 2. The Morgan fingerprint density at radius 3 is 2.64 bits per heavy atom. The molecule has 0 amide bonds. The van der Waals surface area contributed by atoms with E-state index in [4.69, 9.17) is 10.5 Å². The van der Waals surface area contributed by atoms with E-state index in [9.17, 15) is 8.78 Å². The van der Waals surface area contributed by atoms with Gasteiger partial charge in [0.25, 0.3) is 0 Å². The lowest BCUT2D eigenvalue weighted by Crippen LogP contribution is -2.06. The predicted molar refractivity (Wildman–Crippen MR) is 49.8 cm³/mol. The van der Waals surface area contributed by atoms with Crippen molar-refractivity contribution in [1.29, 1.82) is 0 Å². The minimum absolute atomic E-state index is 0.273. The van der Waals surface area contributed by atoms with Crippen LogP contribution in [-0.4, -0.2) is 13.7 Å². The van der Waals surface area contributed by atoms with Crippen molar-refractivity contribution in [3.05, 3.63) is 34.9 Å². The van der Waals surface area contributed by atoms with Crippen molar-refractivity contribution in [1.82, 2.24) is 0 Å². The molecule has 0 fully saturated rings. The number of nitrogens with two attached hydrogens (primary N) is 1. The molecule has 0 radical (unpaired) electrons. The van der Waals surface area contributed by atoms with Crippen LogP contribution in [-0.2, 0) is 17.8 Å². The minimum atomic E-state index is -0.844. The highest BCUT2D eigenvalue weighted by Crippen LogP contribution is 2.16. The van der Waals surface area contributed by atoms with Gasteiger partial charge in [-0.15, -0.1) is 0 Å². The molecule has 1 rings (SSSR count). The van der Waals surface area contributed by atoms with Crippen molar-refractivity contribution < 1.29 is 13.5 Å². The van der Waals surface area contributed by atoms with Crippen molar-refractivity contribution in [2.45, 2.75) is 13.0 Å². The lowest BCUT2D eigenvalue weighted by molar-refractivity contribution is 0.184. The van der Waals surface area contributed by atoms with Gasteiger partial charge in [-0.25, -0.2) is 8.78 Å². The van der Waals surface area contributed by atoms with Crippen LogP contribution in [0.3, 0.4) is 0 Å². The third kappa shape index (κ3) is 2.49. The maximum atomic E-state index is 13.1. The Morgan fingerprint density at radius 1 is 1.36 bits per heavy atom. The van der Waals surface area contributed by atoms with Gasteiger partial charge in [0.1, 0.15) is 0 Å². The first-order chi connectivity index (χ1) is 6.69. The fourth-order valence-corrected chi connectivity index (χ4v) is 1.30. The van der Waals surface area contributed by atoms with Crippen LogP contribution in [0.1, 0.15) is 11.1 Å². The molecule has 1 aromatic rings. The summed E-state index contributed by atoms with van der Waals surface area (Å²) in [4.78, 5) is 0. The van der Waals surface area contributed by atoms with Crippen LogP contribution in [0, 0.1) is 11.6 Å². The maximum absolute atomic E-state index is 13.1. The largest absolute Gasteiger partial charge is 0.380 e. The zero-order valence-electron chi connectivity index (χ0n) is 8.02. The molecule has 0 saturated carbocycles. The zero-order valence-corrected chi connectivity index (χ0v) is 8.02. The minimum Gasteiger partial charge on any atom is -0.380 e. The molecule has 0 unspecified atom stereocenters. The standard InChI is InChI=1S/C10H13F2NO/c1-14-6-7-4-8(2-3-13)10(12)9(11)5-7/h4-5H,2-3,6,13H2,1H3. The summed E-state index contributed by atoms with van der Waals surface area (Å²) in [6, 6.07) is 2.72. The summed E-state index contributed by atoms with van der Waals surface area (Å²) in [5.41, 5.74) is 6.21. The highest BCUT2D eigenvalue weighted by molar-refractivity contribution is 5.26. The summed E-state index contributed by atoms with van der Waals surface area (Å²) in [7, 11) is 1.50. The quantitative estimate of drug-likeness (QED) is 0.803. The zero-order chi connectivity index (χ0) is 10.6. The van der Waals surface area contributed by atoms with Gasteiger partial charge in [-0.3, -0.25) is 0 Å². The third-order valence-corrected chi connectivity index (χ3v) is 1.89. The highest BCUT2D eigenvalue weighted by Gasteiger charge is 2.09. The van der Waals surface area contributed by atoms with E-state index in [1.54, 1.807) is 6.07 Å². The van der Waals surface area contributed by atoms with E-state index in [1.807, 2.05) is 0 Å². The molecule has 0 heterocycles. The average Bonchev–Trinajstić information content (AvgIpc) is 2.14. The fourth-order valence-electron chi connectivity index (χ4n) is 1.30. The second kappa shape index (κ2) is 5.02. The molecule has 2 nitrogen and oxygen atoms in total. The van der Waals surface area contributed by atoms with Gasteiger partial charge in [0.05, 0.1) is 6.61 Å². The van der Waals surface area contributed by atoms with Gasteiger partial charge in [0, 0.05) is 7.11 Å². The summed E-state index contributed by atoms with van der Waals surface area (Å²) in [6.45, 7) is 0.571. The number of hydrogen-bond donors (Lipinski definition) is 1. The molecule has 0 spiro atoms. The Morgan fingerprint density at radius 2 is 2.07 bits per heavy atom. The third-order valence-electron chi connectivity index (χ3n) is 1.89. The number of rotatable bonds is 4. The monoisotopic (exact) mass is 201 g/mol. The first-order valence-corrected chi connectivity index (χ1v) is 4.34. The van der Waals surface area contributed by atoms with Gasteiger partial charge < -0.3 is 10.5 Å². The van der Waals surface area contributed by atoms with Crippen molar-refractivity contribution in [2.75, 3.05) is 13.7 Å². The molecule has 0 bridgehead atoms. The van der Waals surface area contributed by atoms with Gasteiger partial charge in [-0.2, -0.15) is 0 Å². The summed E-state index contributed by atoms with van der Waals surface area (Å²) in [6.07, 6.45) is 0.334. The summed E-state index contributed by atoms with van der Waals surface area (Å²) in [5, 5.41) is 0. The van der Waals surface area contributed by atoms with Crippen LogP contribution >= 0.6 is 0 Å². The number of benzene rings is 1. The molecule has 0 aliphatic carbocycles. The second-order valence-corrected chi connectivity index (χ2v) is 3.02. The van der Waals surface area contributed by atoms with E-state index in [0.717, 1.165) is 6.07 Å². The molecule has 0 aliphatic heterocycles. The molecule has 0 aliphatic rings. The lowest BCUT2D eigenvalue weighted by Gasteiger charge is -2.06. The SMILES string of the molecule is COCc1cc(F)c(F)c(CCN)c1. The first-order valence-electron chi connectivity index (χ1n) is 4.34. The maximum Gasteiger partial charge on any atom is 0.162 e. The molecule has 1 aromatic carbocycles. The number of ether oxygens (including phenoxy) is 1. The first kappa shape index (κ1) is 11.1. The van der Waals surface area contributed by atoms with Crippen LogP contribution in [0.2, 0.25) is 0 Å². The predicted octanol–water partition coefficient (Wildman–Crippen LogP) is 1.61. The molecule has 14 heavy (non-hydrogen) atoms. The van der Waals surface area contributed by atoms with E-state index in [1.165, 1.54) is 7.11 Å². The van der Waals surface area contributed by atoms with Crippen molar-refractivity contribution in [3.8, 4) is 0 Å². The van der Waals surface area contributed by atoms with Crippen LogP contribution in [0.5, 0.6) is 0 Å². The molecular weight excluding hydrogens is 188 g/mol. The van der Waals surface area contributed by atoms with Crippen LogP contribution in [0.25, 0.3) is 0 Å². The Labute approximate surface area is 81.7 Å². The molecule has 2 N–H and O–H groups in total. The molecule has 0 aromatic heterocycles. The van der Waals surface area contributed by atoms with Crippen LogP contribution in [0.4, 0.5) is 8.78 Å². The summed E-state index contributed by atoms with van der Waals surface area (Å²) in [5.74, 6) is -1.65. The van der Waals surface area contributed by atoms with Crippen molar-refractivity contribution >= 4 is 0 Å². The second-order valence-electron chi connectivity index (χ2n) is 3.02. The molecule has 78 valence electrons. The van der Waals surface area contributed by atoms with E-state index >= 15 is 0 Å². The summed E-state index contributed by atoms with van der Waals surface area (Å²) < 4.78 is 31.0. The Balaban J connectivity index is 3.01. The van der Waals surface area contributed by atoms with Gasteiger partial charge in [-0.05, 0) is 30.2 Å². The van der Waals surface area contributed by atoms with E-state index < -0.39 is 11.6 Å². The fraction of sp³-hybridized carbons (Fsp3) is 0.400. The van der Waals surface area contributed by atoms with Crippen molar-refractivity contribution in [2.24, 2.45) is 5.73 Å². The number of methoxy groups -OCH3 is 1. The van der Waals surface area contributed by atoms with Gasteiger partial charge in [0.2, 0.25) is 0 Å². The molecular formula is C10H13F2NO. The van der Waals surface area contributed by atoms with Crippen LogP contribution in [0.15, 0.2) is 12.1 Å². The molecule has 0 saturated heterocycles. The van der Waals surface area contributed by atoms with Crippen LogP contribution < -0.4 is 5.73 Å². The van der Waals surface area contributed by atoms with Gasteiger partial charge >= 0.3 is 0 Å². The molecule has 4 heteroatoms. The van der Waals surface area contributed by atoms with E-state index in [-0.39, 0.29) is 6.61 Å². The lowest BCUT2D eigenvalue weighted by atomic mass is 10.1. The van der Waals surface area contributed by atoms with Crippen molar-refractivity contribution in [3.63, 3.8) is 0 Å². The highest BCUT2D eigenvalue weighted by atomic mass is 19.2. The van der Waals surface area contributed by atoms with Gasteiger partial charge in [-0.1, -0.05) is 6.07 Å². The normalized spacial score (nSPS) is 10.6. The Hall–Kier alpha value is -1.00. The van der Waals surface area contributed by atoms with Gasteiger partial charge in [0.15, 0.2) is 11.6 Å². The smallest absolute Gasteiger partial charge is 0.162 e.